The summed E-state index contributed by atoms with van der Waals surface area (Å²) in [6.07, 6.45) is 0.666. The van der Waals surface area contributed by atoms with Crippen LogP contribution in [0.15, 0.2) is 5.38 Å². The van der Waals surface area contributed by atoms with Crippen LogP contribution in [0.5, 0.6) is 0 Å². The molecule has 7 nitrogen and oxygen atoms in total. The van der Waals surface area contributed by atoms with Gasteiger partial charge in [0.2, 0.25) is 5.91 Å². The number of thiazole rings is 1. The molecule has 100 valence electrons. The smallest absolute Gasteiger partial charge is 0.270 e. The predicted molar refractivity (Wildman–Crippen MR) is 67.2 cm³/mol. The zero-order valence-electron chi connectivity index (χ0n) is 9.85. The Hall–Kier alpha value is -1.51. The lowest BCUT2D eigenvalue weighted by atomic mass is 10.4. The van der Waals surface area contributed by atoms with Gasteiger partial charge in [-0.2, -0.15) is 0 Å². The zero-order chi connectivity index (χ0) is 13.4. The molecule has 0 aliphatic heterocycles. The number of primary amides is 1. The van der Waals surface area contributed by atoms with Gasteiger partial charge in [-0.05, 0) is 6.54 Å². The van der Waals surface area contributed by atoms with Crippen LogP contribution in [-0.2, 0) is 16.0 Å². The molecule has 0 radical (unpaired) electrons. The SMILES string of the molecule is NCCc1nc(C(=O)NCCOCC(N)=O)cs1. The van der Waals surface area contributed by atoms with E-state index in [0.717, 1.165) is 5.01 Å². The molecule has 1 heterocycles. The summed E-state index contributed by atoms with van der Waals surface area (Å²) in [7, 11) is 0. The lowest BCUT2D eigenvalue weighted by Gasteiger charge is -2.03. The van der Waals surface area contributed by atoms with Gasteiger partial charge >= 0.3 is 0 Å². The molecule has 0 aliphatic carbocycles. The maximum Gasteiger partial charge on any atom is 0.270 e. The average molecular weight is 272 g/mol. The van der Waals surface area contributed by atoms with E-state index >= 15 is 0 Å². The Balaban J connectivity index is 2.25. The van der Waals surface area contributed by atoms with Gasteiger partial charge in [0, 0.05) is 18.3 Å². The Morgan fingerprint density at radius 3 is 2.94 bits per heavy atom. The molecule has 0 unspecified atom stereocenters. The van der Waals surface area contributed by atoms with Crippen LogP contribution in [0.4, 0.5) is 0 Å². The topological polar surface area (TPSA) is 120 Å². The van der Waals surface area contributed by atoms with E-state index in [1.165, 1.54) is 11.3 Å². The molecule has 0 bridgehead atoms. The molecule has 8 heteroatoms. The number of hydrogen-bond donors (Lipinski definition) is 3. The number of nitrogens with zero attached hydrogens (tertiary/aromatic N) is 1. The zero-order valence-corrected chi connectivity index (χ0v) is 10.7. The van der Waals surface area contributed by atoms with E-state index < -0.39 is 5.91 Å². The summed E-state index contributed by atoms with van der Waals surface area (Å²) >= 11 is 1.41. The van der Waals surface area contributed by atoms with Crippen LogP contribution in [0.2, 0.25) is 0 Å². The summed E-state index contributed by atoms with van der Waals surface area (Å²) in [6, 6.07) is 0. The number of hydrogen-bond acceptors (Lipinski definition) is 6. The second kappa shape index (κ2) is 7.75. The van der Waals surface area contributed by atoms with Crippen molar-refractivity contribution in [2.75, 3.05) is 26.3 Å². The van der Waals surface area contributed by atoms with E-state index in [2.05, 4.69) is 10.3 Å². The van der Waals surface area contributed by atoms with Crippen molar-refractivity contribution >= 4 is 23.2 Å². The Labute approximate surface area is 109 Å². The fourth-order valence-corrected chi connectivity index (χ4v) is 1.95. The highest BCUT2D eigenvalue weighted by atomic mass is 32.1. The first-order valence-corrected chi connectivity index (χ1v) is 6.30. The highest BCUT2D eigenvalue weighted by Crippen LogP contribution is 2.09. The number of carbonyl (C=O) groups excluding carboxylic acids is 2. The van der Waals surface area contributed by atoms with Gasteiger partial charge in [0.25, 0.3) is 5.91 Å². The summed E-state index contributed by atoms with van der Waals surface area (Å²) in [6.45, 7) is 0.896. The summed E-state index contributed by atoms with van der Waals surface area (Å²) in [5.41, 5.74) is 10.7. The quantitative estimate of drug-likeness (QED) is 0.517. The van der Waals surface area contributed by atoms with Crippen molar-refractivity contribution in [3.63, 3.8) is 0 Å². The van der Waals surface area contributed by atoms with Crippen LogP contribution in [-0.4, -0.2) is 43.1 Å². The third-order valence-corrected chi connectivity index (χ3v) is 2.83. The maximum absolute atomic E-state index is 11.6. The fraction of sp³-hybridized carbons (Fsp3) is 0.500. The van der Waals surface area contributed by atoms with Crippen molar-refractivity contribution in [3.05, 3.63) is 16.1 Å². The molecular weight excluding hydrogens is 256 g/mol. The average Bonchev–Trinajstić information content (AvgIpc) is 2.77. The number of amides is 2. The van der Waals surface area contributed by atoms with Crippen LogP contribution in [0.1, 0.15) is 15.5 Å². The van der Waals surface area contributed by atoms with Crippen LogP contribution in [0, 0.1) is 0 Å². The van der Waals surface area contributed by atoms with Crippen molar-refractivity contribution in [1.82, 2.24) is 10.3 Å². The first-order chi connectivity index (χ1) is 8.63. The van der Waals surface area contributed by atoms with Gasteiger partial charge in [-0.3, -0.25) is 9.59 Å². The molecule has 0 aliphatic rings. The van der Waals surface area contributed by atoms with E-state index in [-0.39, 0.29) is 19.1 Å². The van der Waals surface area contributed by atoms with E-state index in [9.17, 15) is 9.59 Å². The highest BCUT2D eigenvalue weighted by molar-refractivity contribution is 7.09. The summed E-state index contributed by atoms with van der Waals surface area (Å²) in [5.74, 6) is -0.801. The van der Waals surface area contributed by atoms with E-state index in [4.69, 9.17) is 16.2 Å². The standard InChI is InChI=1S/C10H16N4O3S/c11-2-1-9-14-7(6-18-9)10(16)13-3-4-17-5-8(12)15/h6H,1-5,11H2,(H2,12,15)(H,13,16). The highest BCUT2D eigenvalue weighted by Gasteiger charge is 2.09. The Morgan fingerprint density at radius 1 is 1.50 bits per heavy atom. The Bertz CT molecular complexity index is 408. The molecule has 5 N–H and O–H groups in total. The molecule has 0 spiro atoms. The number of rotatable bonds is 8. The first-order valence-electron chi connectivity index (χ1n) is 5.42. The molecule has 0 saturated heterocycles. The third-order valence-electron chi connectivity index (χ3n) is 1.92. The van der Waals surface area contributed by atoms with Crippen LogP contribution in [0.25, 0.3) is 0 Å². The molecule has 2 amide bonds. The number of ether oxygens (including phenoxy) is 1. The van der Waals surface area contributed by atoms with Crippen molar-refractivity contribution in [2.24, 2.45) is 11.5 Å². The predicted octanol–water partition coefficient (Wildman–Crippen LogP) is -1.12. The molecule has 0 saturated carbocycles. The van der Waals surface area contributed by atoms with Crippen molar-refractivity contribution < 1.29 is 14.3 Å². The van der Waals surface area contributed by atoms with E-state index in [1.807, 2.05) is 0 Å². The molecule has 0 atom stereocenters. The van der Waals surface area contributed by atoms with E-state index in [0.29, 0.717) is 25.2 Å². The molecule has 18 heavy (non-hydrogen) atoms. The second-order valence-corrected chi connectivity index (χ2v) is 4.38. The van der Waals surface area contributed by atoms with E-state index in [1.54, 1.807) is 5.38 Å². The van der Waals surface area contributed by atoms with Crippen molar-refractivity contribution in [1.29, 1.82) is 0 Å². The lowest BCUT2D eigenvalue weighted by Crippen LogP contribution is -2.29. The van der Waals surface area contributed by atoms with Gasteiger partial charge in [0.1, 0.15) is 12.3 Å². The van der Waals surface area contributed by atoms with Crippen molar-refractivity contribution in [3.8, 4) is 0 Å². The molecule has 1 aromatic heterocycles. The van der Waals surface area contributed by atoms with Crippen molar-refractivity contribution in [2.45, 2.75) is 6.42 Å². The minimum absolute atomic E-state index is 0.146. The van der Waals surface area contributed by atoms with Gasteiger partial charge in [-0.1, -0.05) is 0 Å². The van der Waals surface area contributed by atoms with Gasteiger partial charge in [0.05, 0.1) is 11.6 Å². The fourth-order valence-electron chi connectivity index (χ4n) is 1.15. The molecule has 1 aromatic rings. The number of carbonyl (C=O) groups is 2. The van der Waals surface area contributed by atoms with Gasteiger partial charge in [-0.15, -0.1) is 11.3 Å². The van der Waals surface area contributed by atoms with Crippen LogP contribution >= 0.6 is 11.3 Å². The van der Waals surface area contributed by atoms with Gasteiger partial charge in [0.15, 0.2) is 0 Å². The third kappa shape index (κ3) is 5.21. The number of aromatic nitrogens is 1. The number of nitrogens with one attached hydrogen (secondary N) is 1. The molecule has 0 aromatic carbocycles. The second-order valence-electron chi connectivity index (χ2n) is 3.44. The van der Waals surface area contributed by atoms with Crippen LogP contribution in [0.3, 0.4) is 0 Å². The maximum atomic E-state index is 11.6. The Kier molecular flexibility index (Phi) is 6.26. The summed E-state index contributed by atoms with van der Waals surface area (Å²) in [5, 5.41) is 5.15. The summed E-state index contributed by atoms with van der Waals surface area (Å²) in [4.78, 5) is 26.1. The molecule has 0 fully saturated rings. The first kappa shape index (κ1) is 14.6. The monoisotopic (exact) mass is 272 g/mol. The Morgan fingerprint density at radius 2 is 2.28 bits per heavy atom. The minimum atomic E-state index is -0.535. The number of nitrogens with two attached hydrogens (primary N) is 2. The van der Waals surface area contributed by atoms with Gasteiger partial charge < -0.3 is 21.5 Å². The normalized spacial score (nSPS) is 10.3. The lowest BCUT2D eigenvalue weighted by molar-refractivity contribution is -0.122. The molecule has 1 rings (SSSR count). The summed E-state index contributed by atoms with van der Waals surface area (Å²) < 4.78 is 4.90. The largest absolute Gasteiger partial charge is 0.370 e. The van der Waals surface area contributed by atoms with Gasteiger partial charge in [-0.25, -0.2) is 4.98 Å². The molecular formula is C10H16N4O3S. The minimum Gasteiger partial charge on any atom is -0.370 e. The van der Waals surface area contributed by atoms with Crippen LogP contribution < -0.4 is 16.8 Å².